The molecule has 2 aromatic heterocycles. The number of hydrogen-bond donors (Lipinski definition) is 0. The van der Waals surface area contributed by atoms with E-state index in [-0.39, 0.29) is 18.1 Å². The maximum absolute atomic E-state index is 12.6. The number of morpholine rings is 1. The van der Waals surface area contributed by atoms with Gasteiger partial charge in [0.25, 0.3) is 5.91 Å². The minimum atomic E-state index is -0.0513. The lowest BCUT2D eigenvalue weighted by atomic mass is 10.1. The van der Waals surface area contributed by atoms with Crippen molar-refractivity contribution in [1.82, 2.24) is 9.88 Å². The molecule has 2 aromatic rings. The van der Waals surface area contributed by atoms with Gasteiger partial charge in [-0.05, 0) is 37.0 Å². The number of ether oxygens (including phenoxy) is 2. The molecule has 4 rings (SSSR count). The molecule has 24 heavy (non-hydrogen) atoms. The zero-order valence-corrected chi connectivity index (χ0v) is 13.3. The van der Waals surface area contributed by atoms with E-state index in [9.17, 15) is 4.79 Å². The first kappa shape index (κ1) is 15.2. The second kappa shape index (κ2) is 6.65. The highest BCUT2D eigenvalue weighted by Crippen LogP contribution is 2.35. The number of carbonyl (C=O) groups excluding carboxylic acids is 1. The van der Waals surface area contributed by atoms with Crippen molar-refractivity contribution in [3.8, 4) is 5.88 Å². The fourth-order valence-corrected chi connectivity index (χ4v) is 3.62. The average molecular weight is 328 g/mol. The van der Waals surface area contributed by atoms with E-state index in [1.54, 1.807) is 18.3 Å². The molecular weight excluding hydrogens is 308 g/mol. The van der Waals surface area contributed by atoms with Crippen molar-refractivity contribution >= 4 is 5.91 Å². The van der Waals surface area contributed by atoms with E-state index in [1.165, 1.54) is 6.26 Å². The number of rotatable bonds is 4. The van der Waals surface area contributed by atoms with E-state index in [2.05, 4.69) is 4.98 Å². The fourth-order valence-electron chi connectivity index (χ4n) is 3.62. The predicted molar refractivity (Wildman–Crippen MR) is 85.7 cm³/mol. The summed E-state index contributed by atoms with van der Waals surface area (Å²) in [6, 6.07) is 9.17. The van der Waals surface area contributed by atoms with Crippen molar-refractivity contribution in [2.24, 2.45) is 5.92 Å². The molecule has 1 aliphatic heterocycles. The Morgan fingerprint density at radius 2 is 2.25 bits per heavy atom. The molecule has 0 spiro atoms. The van der Waals surface area contributed by atoms with Crippen LogP contribution in [0, 0.1) is 5.92 Å². The number of carbonyl (C=O) groups is 1. The smallest absolute Gasteiger partial charge is 0.289 e. The van der Waals surface area contributed by atoms with Gasteiger partial charge in [0.05, 0.1) is 31.6 Å². The van der Waals surface area contributed by atoms with Crippen LogP contribution in [-0.2, 0) is 4.74 Å². The van der Waals surface area contributed by atoms with Gasteiger partial charge in [-0.1, -0.05) is 6.07 Å². The average Bonchev–Trinajstić information content (AvgIpc) is 3.29. The molecule has 1 aliphatic carbocycles. The monoisotopic (exact) mass is 328 g/mol. The minimum absolute atomic E-state index is 0.0513. The first-order valence-electron chi connectivity index (χ1n) is 8.31. The van der Waals surface area contributed by atoms with Crippen LogP contribution >= 0.6 is 0 Å². The van der Waals surface area contributed by atoms with Gasteiger partial charge in [0, 0.05) is 18.8 Å². The molecule has 3 atom stereocenters. The quantitative estimate of drug-likeness (QED) is 0.862. The lowest BCUT2D eigenvalue weighted by Gasteiger charge is -2.37. The van der Waals surface area contributed by atoms with Crippen molar-refractivity contribution in [3.63, 3.8) is 0 Å². The SMILES string of the molecule is O=C(c1ccco1)N1CCO[C@@H]2C[C@H](COc3ccccn3)C[C@H]21. The maximum atomic E-state index is 12.6. The number of nitrogens with zero attached hydrogens (tertiary/aromatic N) is 2. The Labute approximate surface area is 140 Å². The molecule has 2 fully saturated rings. The van der Waals surface area contributed by atoms with E-state index in [0.717, 1.165) is 12.8 Å². The molecule has 0 N–H and O–H groups in total. The molecule has 2 aliphatic rings. The summed E-state index contributed by atoms with van der Waals surface area (Å²) in [5.41, 5.74) is 0. The standard InChI is InChI=1S/C18H20N2O4/c21-18(15-4-3-8-22-15)20-7-9-23-16-11-13(10-14(16)20)12-24-17-5-1-2-6-19-17/h1-6,8,13-14,16H,7,9-12H2/t13-,14-,16-/m1/s1. The summed E-state index contributed by atoms with van der Waals surface area (Å²) >= 11 is 0. The molecule has 6 nitrogen and oxygen atoms in total. The molecule has 1 saturated carbocycles. The number of aromatic nitrogens is 1. The van der Waals surface area contributed by atoms with Gasteiger partial charge in [-0.15, -0.1) is 0 Å². The van der Waals surface area contributed by atoms with Crippen LogP contribution in [0.1, 0.15) is 23.4 Å². The third-order valence-corrected chi connectivity index (χ3v) is 4.73. The van der Waals surface area contributed by atoms with E-state index in [4.69, 9.17) is 13.9 Å². The number of pyridine rings is 1. The van der Waals surface area contributed by atoms with Crippen LogP contribution in [0.2, 0.25) is 0 Å². The summed E-state index contributed by atoms with van der Waals surface area (Å²) in [4.78, 5) is 18.7. The highest BCUT2D eigenvalue weighted by molar-refractivity contribution is 5.91. The van der Waals surface area contributed by atoms with Crippen molar-refractivity contribution in [3.05, 3.63) is 48.6 Å². The van der Waals surface area contributed by atoms with Crippen LogP contribution in [0.15, 0.2) is 47.2 Å². The van der Waals surface area contributed by atoms with Crippen molar-refractivity contribution in [1.29, 1.82) is 0 Å². The predicted octanol–water partition coefficient (Wildman–Crippen LogP) is 2.37. The van der Waals surface area contributed by atoms with E-state index < -0.39 is 0 Å². The van der Waals surface area contributed by atoms with Crippen molar-refractivity contribution < 1.29 is 18.7 Å². The minimum Gasteiger partial charge on any atom is -0.477 e. The molecule has 0 unspecified atom stereocenters. The van der Waals surface area contributed by atoms with Crippen molar-refractivity contribution in [2.45, 2.75) is 25.0 Å². The van der Waals surface area contributed by atoms with Gasteiger partial charge in [0.15, 0.2) is 5.76 Å². The highest BCUT2D eigenvalue weighted by atomic mass is 16.5. The zero-order chi connectivity index (χ0) is 16.4. The Morgan fingerprint density at radius 3 is 3.04 bits per heavy atom. The van der Waals surface area contributed by atoms with Crippen LogP contribution in [0.25, 0.3) is 0 Å². The molecule has 3 heterocycles. The third kappa shape index (κ3) is 3.01. The van der Waals surface area contributed by atoms with Crippen LogP contribution in [0.5, 0.6) is 5.88 Å². The summed E-state index contributed by atoms with van der Waals surface area (Å²) in [7, 11) is 0. The summed E-state index contributed by atoms with van der Waals surface area (Å²) in [6.45, 7) is 1.77. The van der Waals surface area contributed by atoms with Crippen LogP contribution < -0.4 is 4.74 Å². The first-order valence-corrected chi connectivity index (χ1v) is 8.31. The Balaban J connectivity index is 1.40. The van der Waals surface area contributed by atoms with Gasteiger partial charge in [0.1, 0.15) is 0 Å². The van der Waals surface area contributed by atoms with Crippen molar-refractivity contribution in [2.75, 3.05) is 19.8 Å². The number of amides is 1. The first-order chi connectivity index (χ1) is 11.8. The Morgan fingerprint density at radius 1 is 1.29 bits per heavy atom. The lowest BCUT2D eigenvalue weighted by molar-refractivity contribution is -0.0457. The number of hydrogen-bond acceptors (Lipinski definition) is 5. The van der Waals surface area contributed by atoms with Gasteiger partial charge in [-0.2, -0.15) is 0 Å². The van der Waals surface area contributed by atoms with Gasteiger partial charge in [0.2, 0.25) is 5.88 Å². The summed E-state index contributed by atoms with van der Waals surface area (Å²) in [5.74, 6) is 1.33. The summed E-state index contributed by atoms with van der Waals surface area (Å²) in [6.07, 6.45) is 5.11. The Kier molecular flexibility index (Phi) is 4.21. The molecule has 126 valence electrons. The number of fused-ring (bicyclic) bond motifs is 1. The molecule has 0 radical (unpaired) electrons. The molecule has 1 amide bonds. The van der Waals surface area contributed by atoms with E-state index >= 15 is 0 Å². The summed E-state index contributed by atoms with van der Waals surface area (Å²) in [5, 5.41) is 0. The second-order valence-electron chi connectivity index (χ2n) is 6.27. The molecular formula is C18H20N2O4. The lowest BCUT2D eigenvalue weighted by Crippen LogP contribution is -2.51. The van der Waals surface area contributed by atoms with Gasteiger partial charge < -0.3 is 18.8 Å². The maximum Gasteiger partial charge on any atom is 0.289 e. The topological polar surface area (TPSA) is 64.8 Å². The molecule has 6 heteroatoms. The largest absolute Gasteiger partial charge is 0.477 e. The third-order valence-electron chi connectivity index (χ3n) is 4.73. The van der Waals surface area contributed by atoms with Gasteiger partial charge in [-0.3, -0.25) is 4.79 Å². The van der Waals surface area contributed by atoms with Crippen LogP contribution in [0.3, 0.4) is 0 Å². The Hall–Kier alpha value is -2.34. The van der Waals surface area contributed by atoms with Gasteiger partial charge in [-0.25, -0.2) is 4.98 Å². The Bertz CT molecular complexity index is 674. The van der Waals surface area contributed by atoms with Crippen LogP contribution in [0.4, 0.5) is 0 Å². The van der Waals surface area contributed by atoms with E-state index in [1.807, 2.05) is 23.1 Å². The molecule has 0 bridgehead atoms. The summed E-state index contributed by atoms with van der Waals surface area (Å²) < 4.78 is 16.9. The molecule has 1 saturated heterocycles. The van der Waals surface area contributed by atoms with E-state index in [0.29, 0.717) is 37.3 Å². The highest BCUT2D eigenvalue weighted by Gasteiger charge is 2.43. The normalized spacial score (nSPS) is 26.2. The number of furan rings is 1. The zero-order valence-electron chi connectivity index (χ0n) is 13.3. The van der Waals surface area contributed by atoms with Crippen LogP contribution in [-0.4, -0.2) is 47.7 Å². The molecule has 0 aromatic carbocycles. The fraction of sp³-hybridized carbons (Fsp3) is 0.444. The second-order valence-corrected chi connectivity index (χ2v) is 6.27. The van der Waals surface area contributed by atoms with Gasteiger partial charge >= 0.3 is 0 Å².